The smallest absolute Gasteiger partial charge is 0.237 e. The normalized spacial score (nSPS) is 12.6. The van der Waals surface area contributed by atoms with Gasteiger partial charge in [-0.1, -0.05) is 47.6 Å². The third-order valence-corrected chi connectivity index (χ3v) is 2.85. The fourth-order valence-corrected chi connectivity index (χ4v) is 2.06. The van der Waals surface area contributed by atoms with Gasteiger partial charge in [0.05, 0.1) is 5.56 Å². The van der Waals surface area contributed by atoms with Crippen molar-refractivity contribution in [1.29, 1.82) is 0 Å². The zero-order valence-corrected chi connectivity index (χ0v) is 11.5. The number of rotatable bonds is 1. The first-order valence-corrected chi connectivity index (χ1v) is 5.84. The van der Waals surface area contributed by atoms with E-state index >= 15 is 0 Å². The molecule has 0 aliphatic heterocycles. The molecule has 1 aromatic carbocycles. The van der Waals surface area contributed by atoms with Crippen LogP contribution in [-0.4, -0.2) is 11.4 Å². The van der Waals surface area contributed by atoms with Crippen LogP contribution in [0.2, 0.25) is 0 Å². The molecule has 17 heavy (non-hydrogen) atoms. The van der Waals surface area contributed by atoms with Crippen LogP contribution in [-0.2, 0) is 15.6 Å². The van der Waals surface area contributed by atoms with Crippen LogP contribution in [0.4, 0.5) is 0 Å². The van der Waals surface area contributed by atoms with Crippen LogP contribution in [0.5, 0.6) is 5.75 Å². The lowest BCUT2D eigenvalue weighted by Crippen LogP contribution is -2.22. The van der Waals surface area contributed by atoms with Crippen molar-refractivity contribution in [3.05, 3.63) is 28.8 Å². The molecular formula is C15H21O2. The molecule has 0 heterocycles. The highest BCUT2D eigenvalue weighted by molar-refractivity contribution is 5.81. The Morgan fingerprint density at radius 3 is 1.88 bits per heavy atom. The van der Waals surface area contributed by atoms with Crippen molar-refractivity contribution in [2.45, 2.75) is 52.4 Å². The molecule has 2 heteroatoms. The molecule has 93 valence electrons. The molecule has 0 aromatic heterocycles. The van der Waals surface area contributed by atoms with Crippen LogP contribution < -0.4 is 0 Å². The van der Waals surface area contributed by atoms with Gasteiger partial charge >= 0.3 is 0 Å². The van der Waals surface area contributed by atoms with E-state index in [-0.39, 0.29) is 22.1 Å². The van der Waals surface area contributed by atoms with E-state index in [2.05, 4.69) is 20.8 Å². The molecular weight excluding hydrogens is 212 g/mol. The number of phenols is 1. The van der Waals surface area contributed by atoms with Crippen LogP contribution in [0.25, 0.3) is 0 Å². The molecule has 0 unspecified atom stereocenters. The fourth-order valence-electron chi connectivity index (χ4n) is 2.06. The molecule has 1 rings (SSSR count). The third-order valence-electron chi connectivity index (χ3n) is 2.85. The summed E-state index contributed by atoms with van der Waals surface area (Å²) in [7, 11) is 0. The van der Waals surface area contributed by atoms with Crippen molar-refractivity contribution < 1.29 is 9.90 Å². The summed E-state index contributed by atoms with van der Waals surface area (Å²) in [5.74, 6) is 0.0694. The number of phenolic OH excluding ortho intramolecular Hbond substituents is 1. The molecule has 0 amide bonds. The number of hydrogen-bond acceptors (Lipinski definition) is 2. The average molecular weight is 233 g/mol. The quantitative estimate of drug-likeness (QED) is 0.806. The molecule has 0 aliphatic carbocycles. The number of hydrogen-bond donors (Lipinski definition) is 1. The first kappa shape index (κ1) is 13.8. The second-order valence-corrected chi connectivity index (χ2v) is 6.49. The van der Waals surface area contributed by atoms with Gasteiger partial charge in [-0.2, -0.15) is 0 Å². The predicted octanol–water partition coefficient (Wildman–Crippen LogP) is 3.45. The van der Waals surface area contributed by atoms with Crippen LogP contribution in [0, 0.1) is 0 Å². The van der Waals surface area contributed by atoms with E-state index in [0.29, 0.717) is 0 Å². The van der Waals surface area contributed by atoms with Gasteiger partial charge in [-0.05, 0) is 22.5 Å². The van der Waals surface area contributed by atoms with Gasteiger partial charge in [0.25, 0.3) is 0 Å². The molecule has 1 radical (unpaired) electrons. The van der Waals surface area contributed by atoms with Gasteiger partial charge in [-0.15, -0.1) is 0 Å². The number of benzene rings is 1. The summed E-state index contributed by atoms with van der Waals surface area (Å²) in [5.41, 5.74) is 1.87. The lowest BCUT2D eigenvalue weighted by molar-refractivity contribution is 0.433. The predicted molar refractivity (Wildman–Crippen MR) is 70.3 cm³/mol. The summed E-state index contributed by atoms with van der Waals surface area (Å²) >= 11 is 0. The Hall–Kier alpha value is -1.31. The Kier molecular flexibility index (Phi) is 3.37. The van der Waals surface area contributed by atoms with Crippen molar-refractivity contribution in [1.82, 2.24) is 0 Å². The van der Waals surface area contributed by atoms with Gasteiger partial charge in [0.15, 0.2) is 0 Å². The molecule has 2 nitrogen and oxygen atoms in total. The summed E-state index contributed by atoms with van der Waals surface area (Å²) < 4.78 is 0. The fraction of sp³-hybridized carbons (Fsp3) is 0.533. The van der Waals surface area contributed by atoms with Crippen molar-refractivity contribution in [3.8, 4) is 5.75 Å². The Morgan fingerprint density at radius 1 is 1.00 bits per heavy atom. The zero-order chi connectivity index (χ0) is 13.4. The first-order valence-electron chi connectivity index (χ1n) is 5.84. The molecule has 0 saturated heterocycles. The van der Waals surface area contributed by atoms with Gasteiger partial charge < -0.3 is 5.11 Å². The molecule has 0 spiro atoms. The van der Waals surface area contributed by atoms with Crippen LogP contribution >= 0.6 is 0 Å². The second kappa shape index (κ2) is 4.17. The summed E-state index contributed by atoms with van der Waals surface area (Å²) in [6.07, 6.45) is 1.79. The molecule has 0 saturated carbocycles. The van der Waals surface area contributed by atoms with Crippen LogP contribution in [0.3, 0.4) is 0 Å². The van der Waals surface area contributed by atoms with E-state index in [4.69, 9.17) is 0 Å². The minimum absolute atomic E-state index is 0.0679. The van der Waals surface area contributed by atoms with Gasteiger partial charge in [0.1, 0.15) is 5.75 Å². The molecule has 1 N–H and O–H groups in total. The summed E-state index contributed by atoms with van der Waals surface area (Å²) in [6.45, 7) is 12.4. The first-order chi connectivity index (χ1) is 7.59. The highest BCUT2D eigenvalue weighted by Gasteiger charge is 2.29. The zero-order valence-electron chi connectivity index (χ0n) is 11.5. The maximum Gasteiger partial charge on any atom is 0.237 e. The average Bonchev–Trinajstić information content (AvgIpc) is 2.13. The molecule has 0 fully saturated rings. The standard InChI is InChI=1S/C15H21O2/c1-14(2,3)11-8-7-10(9-16)13(17)12(11)15(4,5)6/h7-8,17H,1-6H3. The van der Waals surface area contributed by atoms with Crippen LogP contribution in [0.1, 0.15) is 58.2 Å². The van der Waals surface area contributed by atoms with E-state index in [9.17, 15) is 9.90 Å². The monoisotopic (exact) mass is 233 g/mol. The minimum atomic E-state index is -0.209. The molecule has 0 aliphatic rings. The van der Waals surface area contributed by atoms with Gasteiger partial charge in [-0.3, -0.25) is 4.79 Å². The van der Waals surface area contributed by atoms with Gasteiger partial charge in [0, 0.05) is 5.56 Å². The van der Waals surface area contributed by atoms with Crippen molar-refractivity contribution in [3.63, 3.8) is 0 Å². The van der Waals surface area contributed by atoms with Crippen molar-refractivity contribution >= 4 is 6.29 Å². The molecule has 0 atom stereocenters. The molecule has 1 aromatic rings. The van der Waals surface area contributed by atoms with E-state index in [1.54, 1.807) is 12.4 Å². The highest BCUT2D eigenvalue weighted by Crippen LogP contribution is 2.40. The van der Waals surface area contributed by atoms with Crippen molar-refractivity contribution in [2.24, 2.45) is 0 Å². The van der Waals surface area contributed by atoms with Gasteiger partial charge in [0.2, 0.25) is 6.29 Å². The number of aromatic hydroxyl groups is 1. The largest absolute Gasteiger partial charge is 0.507 e. The lowest BCUT2D eigenvalue weighted by Gasteiger charge is -2.31. The summed E-state index contributed by atoms with van der Waals surface area (Å²) in [6, 6.07) is 3.55. The Morgan fingerprint density at radius 2 is 1.53 bits per heavy atom. The lowest BCUT2D eigenvalue weighted by atomic mass is 9.74. The highest BCUT2D eigenvalue weighted by atomic mass is 16.3. The summed E-state index contributed by atoms with van der Waals surface area (Å²) in [5, 5.41) is 10.2. The Bertz CT molecular complexity index is 431. The maximum atomic E-state index is 10.8. The van der Waals surface area contributed by atoms with Crippen molar-refractivity contribution in [2.75, 3.05) is 0 Å². The Labute approximate surface area is 104 Å². The third kappa shape index (κ3) is 2.68. The summed E-state index contributed by atoms with van der Waals surface area (Å²) in [4.78, 5) is 10.8. The van der Waals surface area contributed by atoms with E-state index in [0.717, 1.165) is 11.1 Å². The van der Waals surface area contributed by atoms with E-state index in [1.165, 1.54) is 0 Å². The topological polar surface area (TPSA) is 37.3 Å². The van der Waals surface area contributed by atoms with E-state index in [1.807, 2.05) is 26.8 Å². The van der Waals surface area contributed by atoms with Crippen LogP contribution in [0.15, 0.2) is 12.1 Å². The van der Waals surface area contributed by atoms with E-state index < -0.39 is 0 Å². The SMILES string of the molecule is CC(C)(C)c1ccc([C]=O)c(O)c1C(C)(C)C. The minimum Gasteiger partial charge on any atom is -0.507 e. The molecule has 0 bridgehead atoms. The maximum absolute atomic E-state index is 10.8. The van der Waals surface area contributed by atoms with Gasteiger partial charge in [-0.25, -0.2) is 0 Å². The Balaban J connectivity index is 3.65. The second-order valence-electron chi connectivity index (χ2n) is 6.49. The number of carbonyl (C=O) groups excluding carboxylic acids is 1.